The Labute approximate surface area is 80.9 Å². The van der Waals surface area contributed by atoms with Crippen molar-refractivity contribution in [3.05, 3.63) is 35.3 Å². The molecular weight excluding hydrogens is 179 g/mol. The van der Waals surface area contributed by atoms with Crippen molar-refractivity contribution in [3.63, 3.8) is 0 Å². The van der Waals surface area contributed by atoms with E-state index >= 15 is 0 Å². The van der Waals surface area contributed by atoms with Gasteiger partial charge in [0.2, 0.25) is 0 Å². The second kappa shape index (κ2) is 2.58. The van der Waals surface area contributed by atoms with E-state index in [9.17, 15) is 4.39 Å². The molecule has 0 fully saturated rings. The van der Waals surface area contributed by atoms with Crippen molar-refractivity contribution in [2.24, 2.45) is 5.73 Å². The highest BCUT2D eigenvalue weighted by Crippen LogP contribution is 2.35. The second-order valence-corrected chi connectivity index (χ2v) is 3.84. The van der Waals surface area contributed by atoms with E-state index in [-0.39, 0.29) is 11.9 Å². The van der Waals surface area contributed by atoms with Crippen LogP contribution in [0.3, 0.4) is 0 Å². The molecular formula is C11H11FN2. The number of halogens is 1. The third-order valence-corrected chi connectivity index (χ3v) is 3.01. The normalized spacial score (nSPS) is 20.3. The van der Waals surface area contributed by atoms with Gasteiger partial charge >= 0.3 is 0 Å². The number of aryl methyl sites for hydroxylation is 1. The van der Waals surface area contributed by atoms with Gasteiger partial charge in [0.15, 0.2) is 0 Å². The van der Waals surface area contributed by atoms with Gasteiger partial charge in [-0.3, -0.25) is 0 Å². The minimum Gasteiger partial charge on any atom is -0.361 e. The number of nitrogens with two attached hydrogens (primary N) is 1. The molecule has 0 radical (unpaired) electrons. The van der Waals surface area contributed by atoms with Crippen LogP contribution in [0.4, 0.5) is 4.39 Å². The Morgan fingerprint density at radius 2 is 2.29 bits per heavy atom. The van der Waals surface area contributed by atoms with Gasteiger partial charge in [0, 0.05) is 28.7 Å². The fourth-order valence-corrected chi connectivity index (χ4v) is 2.31. The summed E-state index contributed by atoms with van der Waals surface area (Å²) < 4.78 is 13.6. The van der Waals surface area contributed by atoms with E-state index in [4.69, 9.17) is 5.73 Å². The van der Waals surface area contributed by atoms with E-state index in [0.717, 1.165) is 23.7 Å². The highest BCUT2D eigenvalue weighted by molar-refractivity contribution is 5.88. The summed E-state index contributed by atoms with van der Waals surface area (Å²) in [5.41, 5.74) is 8.78. The Bertz CT molecular complexity index is 501. The van der Waals surface area contributed by atoms with E-state index in [2.05, 4.69) is 4.98 Å². The van der Waals surface area contributed by atoms with Gasteiger partial charge in [0.25, 0.3) is 0 Å². The second-order valence-electron chi connectivity index (χ2n) is 3.84. The van der Waals surface area contributed by atoms with E-state index in [1.165, 1.54) is 11.6 Å². The lowest BCUT2D eigenvalue weighted by Gasteiger charge is -2.19. The van der Waals surface area contributed by atoms with Crippen LogP contribution in [0.2, 0.25) is 0 Å². The minimum atomic E-state index is -0.175. The lowest BCUT2D eigenvalue weighted by Crippen LogP contribution is -2.17. The molecule has 0 bridgehead atoms. The quantitative estimate of drug-likeness (QED) is 0.657. The molecule has 14 heavy (non-hydrogen) atoms. The standard InChI is InChI=1S/C11H11FN2/c12-7-2-4-9-10-6(5-14-9)1-3-8(13)11(7)10/h2,4-5,8,14H,1,3,13H2. The van der Waals surface area contributed by atoms with Gasteiger partial charge < -0.3 is 10.7 Å². The number of aromatic amines is 1. The van der Waals surface area contributed by atoms with Crippen LogP contribution in [0.25, 0.3) is 10.9 Å². The van der Waals surface area contributed by atoms with Crippen molar-refractivity contribution >= 4 is 10.9 Å². The third kappa shape index (κ3) is 0.876. The van der Waals surface area contributed by atoms with Crippen molar-refractivity contribution in [2.75, 3.05) is 0 Å². The first-order valence-electron chi connectivity index (χ1n) is 4.81. The Morgan fingerprint density at radius 3 is 3.14 bits per heavy atom. The van der Waals surface area contributed by atoms with Gasteiger partial charge in [-0.05, 0) is 30.5 Å². The molecule has 0 aliphatic heterocycles. The average molecular weight is 190 g/mol. The molecule has 1 aromatic heterocycles. The molecule has 0 spiro atoms. The summed E-state index contributed by atoms with van der Waals surface area (Å²) >= 11 is 0. The van der Waals surface area contributed by atoms with Gasteiger partial charge in [-0.15, -0.1) is 0 Å². The zero-order valence-corrected chi connectivity index (χ0v) is 7.68. The number of aromatic nitrogens is 1. The number of hydrogen-bond acceptors (Lipinski definition) is 1. The molecule has 1 aliphatic carbocycles. The largest absolute Gasteiger partial charge is 0.361 e. The van der Waals surface area contributed by atoms with Crippen LogP contribution in [0.5, 0.6) is 0 Å². The first-order chi connectivity index (χ1) is 6.77. The van der Waals surface area contributed by atoms with Crippen LogP contribution in [0.1, 0.15) is 23.6 Å². The molecule has 0 amide bonds. The zero-order valence-electron chi connectivity index (χ0n) is 7.68. The smallest absolute Gasteiger partial charge is 0.128 e. The molecule has 1 heterocycles. The summed E-state index contributed by atoms with van der Waals surface area (Å²) in [5, 5.41) is 1.00. The summed E-state index contributed by atoms with van der Waals surface area (Å²) in [6.07, 6.45) is 3.73. The molecule has 1 unspecified atom stereocenters. The van der Waals surface area contributed by atoms with Crippen molar-refractivity contribution in [1.82, 2.24) is 4.98 Å². The first-order valence-corrected chi connectivity index (χ1v) is 4.81. The summed E-state index contributed by atoms with van der Waals surface area (Å²) in [5.74, 6) is -0.175. The van der Waals surface area contributed by atoms with Gasteiger partial charge in [-0.25, -0.2) is 4.39 Å². The average Bonchev–Trinajstić information content (AvgIpc) is 2.58. The Balaban J connectivity index is 2.48. The Morgan fingerprint density at radius 1 is 1.43 bits per heavy atom. The van der Waals surface area contributed by atoms with Crippen molar-refractivity contribution in [1.29, 1.82) is 0 Å². The summed E-state index contributed by atoms with van der Waals surface area (Å²) in [7, 11) is 0. The number of hydrogen-bond donors (Lipinski definition) is 2. The monoisotopic (exact) mass is 190 g/mol. The van der Waals surface area contributed by atoms with Gasteiger partial charge in [0.1, 0.15) is 5.82 Å². The van der Waals surface area contributed by atoms with Crippen LogP contribution in [-0.2, 0) is 6.42 Å². The fraction of sp³-hybridized carbons (Fsp3) is 0.273. The highest BCUT2D eigenvalue weighted by atomic mass is 19.1. The topological polar surface area (TPSA) is 41.8 Å². The maximum Gasteiger partial charge on any atom is 0.128 e. The first kappa shape index (κ1) is 8.00. The predicted molar refractivity (Wildman–Crippen MR) is 53.5 cm³/mol. The van der Waals surface area contributed by atoms with Crippen LogP contribution in [0.15, 0.2) is 18.3 Å². The molecule has 3 N–H and O–H groups in total. The Kier molecular flexibility index (Phi) is 1.47. The minimum absolute atomic E-state index is 0.151. The highest BCUT2D eigenvalue weighted by Gasteiger charge is 2.22. The zero-order chi connectivity index (χ0) is 9.71. The molecule has 72 valence electrons. The van der Waals surface area contributed by atoms with E-state index < -0.39 is 0 Å². The molecule has 1 aliphatic rings. The molecule has 1 atom stereocenters. The molecule has 2 aromatic rings. The van der Waals surface area contributed by atoms with Crippen molar-refractivity contribution < 1.29 is 4.39 Å². The van der Waals surface area contributed by atoms with E-state index in [0.29, 0.717) is 5.56 Å². The molecule has 3 rings (SSSR count). The van der Waals surface area contributed by atoms with Crippen molar-refractivity contribution in [2.45, 2.75) is 18.9 Å². The molecule has 1 aromatic carbocycles. The van der Waals surface area contributed by atoms with Crippen LogP contribution >= 0.6 is 0 Å². The van der Waals surface area contributed by atoms with Gasteiger partial charge in [-0.2, -0.15) is 0 Å². The van der Waals surface area contributed by atoms with Crippen LogP contribution < -0.4 is 5.73 Å². The van der Waals surface area contributed by atoms with Crippen LogP contribution in [-0.4, -0.2) is 4.98 Å². The van der Waals surface area contributed by atoms with Crippen LogP contribution in [0, 0.1) is 5.82 Å². The van der Waals surface area contributed by atoms with Gasteiger partial charge in [-0.1, -0.05) is 0 Å². The van der Waals surface area contributed by atoms with E-state index in [1.807, 2.05) is 6.20 Å². The third-order valence-electron chi connectivity index (χ3n) is 3.01. The predicted octanol–water partition coefficient (Wildman–Crippen LogP) is 2.25. The maximum absolute atomic E-state index is 13.6. The lowest BCUT2D eigenvalue weighted by atomic mass is 9.89. The summed E-state index contributed by atoms with van der Waals surface area (Å²) in [6.45, 7) is 0. The number of H-pyrrole nitrogens is 1. The number of benzene rings is 1. The molecule has 0 saturated heterocycles. The summed E-state index contributed by atoms with van der Waals surface area (Å²) in [4.78, 5) is 3.15. The Hall–Kier alpha value is -1.35. The number of nitrogens with one attached hydrogen (secondary N) is 1. The van der Waals surface area contributed by atoms with E-state index in [1.54, 1.807) is 6.07 Å². The molecule has 3 heteroatoms. The fourth-order valence-electron chi connectivity index (χ4n) is 2.31. The van der Waals surface area contributed by atoms with Gasteiger partial charge in [0.05, 0.1) is 0 Å². The molecule has 0 saturated carbocycles. The van der Waals surface area contributed by atoms with Crippen molar-refractivity contribution in [3.8, 4) is 0 Å². The molecule has 2 nitrogen and oxygen atoms in total. The summed E-state index contributed by atoms with van der Waals surface area (Å²) in [6, 6.07) is 3.11. The SMILES string of the molecule is NC1CCc2c[nH]c3ccc(F)c1c23. The number of rotatable bonds is 0. The maximum atomic E-state index is 13.6. The lowest BCUT2D eigenvalue weighted by molar-refractivity contribution is 0.561.